The summed E-state index contributed by atoms with van der Waals surface area (Å²) in [6.07, 6.45) is 1.15. The molecule has 0 aliphatic heterocycles. The van der Waals surface area contributed by atoms with Crippen LogP contribution in [0.2, 0.25) is 0 Å². The first-order chi connectivity index (χ1) is 12.2. The summed E-state index contributed by atoms with van der Waals surface area (Å²) < 4.78 is 10.2. The molecule has 0 aliphatic carbocycles. The lowest BCUT2D eigenvalue weighted by Crippen LogP contribution is -2.43. The van der Waals surface area contributed by atoms with Crippen molar-refractivity contribution in [1.82, 2.24) is 5.32 Å². The van der Waals surface area contributed by atoms with Gasteiger partial charge in [-0.25, -0.2) is 4.79 Å². The van der Waals surface area contributed by atoms with Gasteiger partial charge in [-0.2, -0.15) is 0 Å². The van der Waals surface area contributed by atoms with E-state index >= 15 is 0 Å². The maximum atomic E-state index is 12.0. The molecule has 0 aromatic heterocycles. The number of nitrogens with one attached hydrogen (secondary N) is 1. The normalized spacial score (nSPS) is 11.6. The Kier molecular flexibility index (Phi) is 7.66. The third-order valence-corrected chi connectivity index (χ3v) is 3.73. The zero-order chi connectivity index (χ0) is 17.9. The molecule has 1 amide bonds. The molecular weight excluding hydrogens is 318 g/mol. The Bertz CT molecular complexity index is 658. The smallest absolute Gasteiger partial charge is 0.328 e. The summed E-state index contributed by atoms with van der Waals surface area (Å²) >= 11 is 0. The van der Waals surface area contributed by atoms with E-state index in [4.69, 9.17) is 9.47 Å². The van der Waals surface area contributed by atoms with Crippen molar-refractivity contribution >= 4 is 11.9 Å². The number of hydrogen-bond donors (Lipinski definition) is 1. The number of aryl methyl sites for hydroxylation is 1. The number of benzene rings is 2. The fraction of sp³-hybridized carbons (Fsp3) is 0.300. The van der Waals surface area contributed by atoms with Gasteiger partial charge in [0, 0.05) is 0 Å². The molecule has 0 aliphatic rings. The lowest BCUT2D eigenvalue weighted by atomic mass is 10.1. The number of esters is 1. The van der Waals surface area contributed by atoms with Crippen molar-refractivity contribution in [2.75, 3.05) is 13.7 Å². The standard InChI is InChI=1S/C20H23NO4/c1-24-20(23)18(13-12-16-8-4-2-5-9-16)21-19(22)15-25-14-17-10-6-3-7-11-17/h2-11,18H,12-15H2,1H3,(H,21,22)/t18-/m1/s1. The van der Waals surface area contributed by atoms with E-state index in [1.54, 1.807) is 0 Å². The minimum Gasteiger partial charge on any atom is -0.467 e. The van der Waals surface area contributed by atoms with E-state index < -0.39 is 12.0 Å². The number of carbonyl (C=O) groups is 2. The highest BCUT2D eigenvalue weighted by Crippen LogP contribution is 2.06. The monoisotopic (exact) mass is 341 g/mol. The lowest BCUT2D eigenvalue weighted by molar-refractivity contribution is -0.145. The summed E-state index contributed by atoms with van der Waals surface area (Å²) in [6, 6.07) is 18.7. The summed E-state index contributed by atoms with van der Waals surface area (Å²) in [4.78, 5) is 23.9. The van der Waals surface area contributed by atoms with Crippen LogP contribution in [0.1, 0.15) is 17.5 Å². The van der Waals surface area contributed by atoms with E-state index in [-0.39, 0.29) is 12.5 Å². The van der Waals surface area contributed by atoms with Crippen LogP contribution < -0.4 is 5.32 Å². The van der Waals surface area contributed by atoms with Gasteiger partial charge in [0.1, 0.15) is 12.6 Å². The maximum Gasteiger partial charge on any atom is 0.328 e. The predicted molar refractivity (Wildman–Crippen MR) is 94.8 cm³/mol. The van der Waals surface area contributed by atoms with Crippen LogP contribution in [-0.4, -0.2) is 31.6 Å². The lowest BCUT2D eigenvalue weighted by Gasteiger charge is -2.16. The minimum atomic E-state index is -0.682. The van der Waals surface area contributed by atoms with Gasteiger partial charge in [0.15, 0.2) is 0 Å². The Morgan fingerprint density at radius 1 is 0.960 bits per heavy atom. The van der Waals surface area contributed by atoms with Crippen LogP contribution in [0.25, 0.3) is 0 Å². The molecule has 1 atom stereocenters. The van der Waals surface area contributed by atoms with Crippen LogP contribution in [0, 0.1) is 0 Å². The molecule has 0 unspecified atom stereocenters. The Balaban J connectivity index is 1.79. The number of amides is 1. The number of ether oxygens (including phenoxy) is 2. The zero-order valence-electron chi connectivity index (χ0n) is 14.3. The van der Waals surface area contributed by atoms with Gasteiger partial charge in [0.25, 0.3) is 0 Å². The van der Waals surface area contributed by atoms with Crippen molar-refractivity contribution in [2.45, 2.75) is 25.5 Å². The first-order valence-electron chi connectivity index (χ1n) is 8.22. The largest absolute Gasteiger partial charge is 0.467 e. The Hall–Kier alpha value is -2.66. The van der Waals surface area contributed by atoms with Gasteiger partial charge in [-0.1, -0.05) is 60.7 Å². The summed E-state index contributed by atoms with van der Waals surface area (Å²) in [5.41, 5.74) is 2.09. The highest BCUT2D eigenvalue weighted by Gasteiger charge is 2.21. The molecule has 5 nitrogen and oxygen atoms in total. The average molecular weight is 341 g/mol. The quantitative estimate of drug-likeness (QED) is 0.712. The van der Waals surface area contributed by atoms with Crippen LogP contribution in [0.15, 0.2) is 60.7 Å². The fourth-order valence-electron chi connectivity index (χ4n) is 2.42. The van der Waals surface area contributed by atoms with Crippen LogP contribution in [0.4, 0.5) is 0 Å². The molecular formula is C20H23NO4. The van der Waals surface area contributed by atoms with Gasteiger partial charge in [0.05, 0.1) is 13.7 Å². The second-order valence-electron chi connectivity index (χ2n) is 5.65. The van der Waals surface area contributed by atoms with Gasteiger partial charge >= 0.3 is 5.97 Å². The highest BCUT2D eigenvalue weighted by atomic mass is 16.5. The SMILES string of the molecule is COC(=O)[C@@H](CCc1ccccc1)NC(=O)COCc1ccccc1. The van der Waals surface area contributed by atoms with Crippen molar-refractivity contribution in [3.63, 3.8) is 0 Å². The number of hydrogen-bond acceptors (Lipinski definition) is 4. The molecule has 0 fully saturated rings. The van der Waals surface area contributed by atoms with E-state index in [1.165, 1.54) is 7.11 Å². The number of carbonyl (C=O) groups excluding carboxylic acids is 2. The number of rotatable bonds is 9. The van der Waals surface area contributed by atoms with Crippen molar-refractivity contribution in [3.05, 3.63) is 71.8 Å². The molecule has 5 heteroatoms. The molecule has 2 aromatic carbocycles. The van der Waals surface area contributed by atoms with E-state index in [0.717, 1.165) is 11.1 Å². The van der Waals surface area contributed by atoms with E-state index in [0.29, 0.717) is 19.4 Å². The van der Waals surface area contributed by atoms with Crippen LogP contribution in [0.3, 0.4) is 0 Å². The molecule has 0 bridgehead atoms. The molecule has 25 heavy (non-hydrogen) atoms. The van der Waals surface area contributed by atoms with Crippen LogP contribution in [-0.2, 0) is 32.1 Å². The topological polar surface area (TPSA) is 64.6 Å². The van der Waals surface area contributed by atoms with E-state index in [9.17, 15) is 9.59 Å². The van der Waals surface area contributed by atoms with Crippen molar-refractivity contribution in [1.29, 1.82) is 0 Å². The third kappa shape index (κ3) is 6.77. The zero-order valence-corrected chi connectivity index (χ0v) is 14.3. The van der Waals surface area contributed by atoms with E-state index in [2.05, 4.69) is 5.32 Å². The van der Waals surface area contributed by atoms with Gasteiger partial charge in [-0.3, -0.25) is 4.79 Å². The fourth-order valence-corrected chi connectivity index (χ4v) is 2.42. The second-order valence-corrected chi connectivity index (χ2v) is 5.65. The average Bonchev–Trinajstić information content (AvgIpc) is 2.66. The van der Waals surface area contributed by atoms with Crippen LogP contribution in [0.5, 0.6) is 0 Å². The summed E-state index contributed by atoms with van der Waals surface area (Å²) in [5, 5.41) is 2.69. The molecule has 1 N–H and O–H groups in total. The molecule has 0 spiro atoms. The van der Waals surface area contributed by atoms with Gasteiger partial charge < -0.3 is 14.8 Å². The van der Waals surface area contributed by atoms with Gasteiger partial charge in [-0.05, 0) is 24.0 Å². The molecule has 132 valence electrons. The van der Waals surface area contributed by atoms with Crippen molar-refractivity contribution in [3.8, 4) is 0 Å². The second kappa shape index (κ2) is 10.3. The van der Waals surface area contributed by atoms with Crippen LogP contribution >= 0.6 is 0 Å². The van der Waals surface area contributed by atoms with Gasteiger partial charge in [0.2, 0.25) is 5.91 Å². The summed E-state index contributed by atoms with van der Waals surface area (Å²) in [5.74, 6) is -0.785. The Morgan fingerprint density at radius 3 is 2.16 bits per heavy atom. The molecule has 0 saturated carbocycles. The summed E-state index contributed by atoms with van der Waals surface area (Å²) in [7, 11) is 1.32. The molecule has 0 radical (unpaired) electrons. The first kappa shape index (κ1) is 18.7. The number of methoxy groups -OCH3 is 1. The molecule has 0 saturated heterocycles. The Morgan fingerprint density at radius 2 is 1.56 bits per heavy atom. The molecule has 2 aromatic rings. The summed E-state index contributed by atoms with van der Waals surface area (Å²) in [6.45, 7) is 0.245. The maximum absolute atomic E-state index is 12.0. The molecule has 0 heterocycles. The highest BCUT2D eigenvalue weighted by molar-refractivity contribution is 5.85. The van der Waals surface area contributed by atoms with E-state index in [1.807, 2.05) is 60.7 Å². The predicted octanol–water partition coefficient (Wildman–Crippen LogP) is 2.49. The molecule has 2 rings (SSSR count). The third-order valence-electron chi connectivity index (χ3n) is 3.73. The van der Waals surface area contributed by atoms with Crippen molar-refractivity contribution in [2.24, 2.45) is 0 Å². The van der Waals surface area contributed by atoms with Crippen molar-refractivity contribution < 1.29 is 19.1 Å². The Labute approximate surface area is 148 Å². The minimum absolute atomic E-state index is 0.103. The van der Waals surface area contributed by atoms with Gasteiger partial charge in [-0.15, -0.1) is 0 Å². The first-order valence-corrected chi connectivity index (χ1v) is 8.22.